The predicted octanol–water partition coefficient (Wildman–Crippen LogP) is 6.37. The molecule has 0 amide bonds. The van der Waals surface area contributed by atoms with Crippen molar-refractivity contribution in [3.05, 3.63) is 70.7 Å². The fourth-order valence-corrected chi connectivity index (χ4v) is 4.17. The van der Waals surface area contributed by atoms with Gasteiger partial charge in [0.05, 0.1) is 6.10 Å². The Kier molecular flexibility index (Phi) is 11.4. The van der Waals surface area contributed by atoms with Gasteiger partial charge < -0.3 is 14.7 Å². The average Bonchev–Trinajstić information content (AvgIpc) is 2.76. The number of benzene rings is 2. The van der Waals surface area contributed by atoms with Gasteiger partial charge in [0.2, 0.25) is 0 Å². The number of ether oxygens (including phenoxy) is 1. The van der Waals surface area contributed by atoms with Crippen LogP contribution in [0.5, 0.6) is 0 Å². The van der Waals surface area contributed by atoms with E-state index in [1.54, 1.807) is 0 Å². The Hall–Kier alpha value is -1.59. The zero-order chi connectivity index (χ0) is 21.2. The second kappa shape index (κ2) is 13.7. The van der Waals surface area contributed by atoms with E-state index in [1.165, 1.54) is 5.56 Å². The summed E-state index contributed by atoms with van der Waals surface area (Å²) in [6, 6.07) is 18.4. The van der Waals surface area contributed by atoms with Gasteiger partial charge in [-0.15, -0.1) is 12.4 Å². The number of aliphatic carboxylic acids is 1. The maximum absolute atomic E-state index is 10.6. The number of unbranched alkanes of at least 4 members (excludes halogenated alkanes) is 3. The lowest BCUT2D eigenvalue weighted by molar-refractivity contribution is -0.137. The highest BCUT2D eigenvalue weighted by molar-refractivity contribution is 6.30. The van der Waals surface area contributed by atoms with Gasteiger partial charge in [-0.25, -0.2) is 0 Å². The van der Waals surface area contributed by atoms with Gasteiger partial charge in [0, 0.05) is 24.5 Å². The van der Waals surface area contributed by atoms with Crippen LogP contribution >= 0.6 is 24.0 Å². The normalized spacial score (nSPS) is 15.9. The van der Waals surface area contributed by atoms with Crippen LogP contribution in [0.4, 0.5) is 0 Å². The number of rotatable bonds is 11. The fourth-order valence-electron chi connectivity index (χ4n) is 4.04. The van der Waals surface area contributed by atoms with Gasteiger partial charge in [-0.2, -0.15) is 0 Å². The molecule has 6 heteroatoms. The van der Waals surface area contributed by atoms with E-state index in [0.29, 0.717) is 6.42 Å². The molecule has 0 saturated carbocycles. The van der Waals surface area contributed by atoms with Crippen molar-refractivity contribution in [3.63, 3.8) is 0 Å². The maximum Gasteiger partial charge on any atom is 0.303 e. The number of carbonyl (C=O) groups is 1. The molecule has 0 radical (unpaired) electrons. The van der Waals surface area contributed by atoms with Gasteiger partial charge in [0.1, 0.15) is 6.10 Å². The van der Waals surface area contributed by atoms with Gasteiger partial charge in [-0.3, -0.25) is 4.79 Å². The lowest BCUT2D eigenvalue weighted by Gasteiger charge is -2.34. The molecule has 1 aliphatic heterocycles. The Bertz CT molecular complexity index is 762. The molecule has 1 saturated heterocycles. The van der Waals surface area contributed by atoms with Crippen LogP contribution < -0.4 is 0 Å². The number of hydrogen-bond acceptors (Lipinski definition) is 3. The van der Waals surface area contributed by atoms with Crippen LogP contribution in [0, 0.1) is 0 Å². The Morgan fingerprint density at radius 2 is 1.58 bits per heavy atom. The molecule has 1 atom stereocenters. The molecule has 2 aromatic carbocycles. The summed E-state index contributed by atoms with van der Waals surface area (Å²) in [4.78, 5) is 13.1. The molecule has 1 heterocycles. The molecule has 1 aliphatic rings. The van der Waals surface area contributed by atoms with Crippen LogP contribution in [-0.2, 0) is 9.53 Å². The monoisotopic (exact) mass is 465 g/mol. The van der Waals surface area contributed by atoms with E-state index in [0.717, 1.165) is 68.7 Å². The van der Waals surface area contributed by atoms with Gasteiger partial charge in [-0.05, 0) is 55.5 Å². The van der Waals surface area contributed by atoms with Crippen molar-refractivity contribution in [2.24, 2.45) is 0 Å². The number of hydrogen-bond donors (Lipinski definition) is 1. The second-order valence-electron chi connectivity index (χ2n) is 8.08. The Morgan fingerprint density at radius 3 is 2.23 bits per heavy atom. The summed E-state index contributed by atoms with van der Waals surface area (Å²) in [6.07, 6.45) is 6.58. The minimum atomic E-state index is -0.690. The molecule has 170 valence electrons. The highest BCUT2D eigenvalue weighted by Gasteiger charge is 2.24. The first-order valence-corrected chi connectivity index (χ1v) is 11.4. The highest BCUT2D eigenvalue weighted by atomic mass is 35.5. The summed E-state index contributed by atoms with van der Waals surface area (Å²) in [5.74, 6) is -0.690. The van der Waals surface area contributed by atoms with Crippen LogP contribution in [0.25, 0.3) is 0 Å². The summed E-state index contributed by atoms with van der Waals surface area (Å²) in [7, 11) is 0. The van der Waals surface area contributed by atoms with E-state index in [-0.39, 0.29) is 24.6 Å². The van der Waals surface area contributed by atoms with Gasteiger partial charge in [0.25, 0.3) is 0 Å². The molecule has 2 aromatic rings. The summed E-state index contributed by atoms with van der Waals surface area (Å²) in [5.41, 5.74) is 2.30. The number of nitrogens with zero attached hydrogens (tertiary/aromatic N) is 1. The zero-order valence-electron chi connectivity index (χ0n) is 17.9. The highest BCUT2D eigenvalue weighted by Crippen LogP contribution is 2.30. The first kappa shape index (κ1) is 25.7. The lowest BCUT2D eigenvalue weighted by Crippen LogP contribution is -2.38. The zero-order valence-corrected chi connectivity index (χ0v) is 19.5. The molecule has 3 rings (SSSR count). The van der Waals surface area contributed by atoms with Crippen molar-refractivity contribution < 1.29 is 14.6 Å². The van der Waals surface area contributed by atoms with Crippen molar-refractivity contribution >= 4 is 30.0 Å². The number of carboxylic acid groups (broad SMARTS) is 1. The molecule has 1 unspecified atom stereocenters. The number of piperidine rings is 1. The van der Waals surface area contributed by atoms with E-state index < -0.39 is 5.97 Å². The van der Waals surface area contributed by atoms with Crippen molar-refractivity contribution in [3.8, 4) is 0 Å². The predicted molar refractivity (Wildman–Crippen MR) is 128 cm³/mol. The third kappa shape index (κ3) is 8.82. The van der Waals surface area contributed by atoms with Crippen molar-refractivity contribution in [1.29, 1.82) is 0 Å². The van der Waals surface area contributed by atoms with E-state index in [4.69, 9.17) is 21.4 Å². The minimum absolute atomic E-state index is 0. The van der Waals surface area contributed by atoms with E-state index in [1.807, 2.05) is 18.2 Å². The molecule has 1 N–H and O–H groups in total. The molecule has 0 aromatic heterocycles. The van der Waals surface area contributed by atoms with Crippen molar-refractivity contribution in [2.75, 3.05) is 19.6 Å². The Morgan fingerprint density at radius 1 is 0.968 bits per heavy atom. The Balaban J connectivity index is 0.00000341. The van der Waals surface area contributed by atoms with Crippen LogP contribution in [0.3, 0.4) is 0 Å². The molecule has 0 aliphatic carbocycles. The van der Waals surface area contributed by atoms with Crippen LogP contribution in [0.15, 0.2) is 54.6 Å². The summed E-state index contributed by atoms with van der Waals surface area (Å²) in [5, 5.41) is 9.43. The van der Waals surface area contributed by atoms with Gasteiger partial charge in [-0.1, -0.05) is 66.9 Å². The summed E-state index contributed by atoms with van der Waals surface area (Å²) in [6.45, 7) is 3.21. The topological polar surface area (TPSA) is 49.8 Å². The second-order valence-corrected chi connectivity index (χ2v) is 8.51. The summed E-state index contributed by atoms with van der Waals surface area (Å²) < 4.78 is 6.61. The van der Waals surface area contributed by atoms with E-state index in [9.17, 15) is 4.79 Å². The summed E-state index contributed by atoms with van der Waals surface area (Å²) >= 11 is 6.08. The molecule has 4 nitrogen and oxygen atoms in total. The number of halogens is 2. The fraction of sp³-hybridized carbons (Fsp3) is 0.480. The third-order valence-corrected chi connectivity index (χ3v) is 6.01. The first-order valence-electron chi connectivity index (χ1n) is 11.0. The van der Waals surface area contributed by atoms with Crippen LogP contribution in [0.2, 0.25) is 5.02 Å². The molecule has 31 heavy (non-hydrogen) atoms. The minimum Gasteiger partial charge on any atom is -0.481 e. The van der Waals surface area contributed by atoms with Crippen molar-refractivity contribution in [2.45, 2.75) is 57.2 Å². The third-order valence-electron chi connectivity index (χ3n) is 5.75. The number of likely N-dealkylation sites (tertiary alicyclic amines) is 1. The quantitative estimate of drug-likeness (QED) is 0.391. The molecule has 1 fully saturated rings. The molecule has 0 bridgehead atoms. The largest absolute Gasteiger partial charge is 0.481 e. The van der Waals surface area contributed by atoms with Gasteiger partial charge >= 0.3 is 5.97 Å². The van der Waals surface area contributed by atoms with E-state index >= 15 is 0 Å². The average molecular weight is 466 g/mol. The smallest absolute Gasteiger partial charge is 0.303 e. The number of carboxylic acids is 1. The lowest BCUT2D eigenvalue weighted by atomic mass is 10.00. The molecular weight excluding hydrogens is 433 g/mol. The maximum atomic E-state index is 10.6. The van der Waals surface area contributed by atoms with Crippen molar-refractivity contribution in [1.82, 2.24) is 4.90 Å². The SMILES string of the molecule is Cl.O=C(O)CCCCCCN1CCC(OC(c2ccccc2)c2ccc(Cl)cc2)CC1. The molecule has 0 spiro atoms. The Labute approximate surface area is 197 Å². The standard InChI is InChI=1S/C25H32ClNO3.ClH/c26-22-13-11-21(12-14-22)25(20-8-4-3-5-9-20)30-23-15-18-27(19-16-23)17-7-2-1-6-10-24(28)29;/h3-5,8-9,11-14,23,25H,1-2,6-7,10,15-19H2,(H,28,29);1H. The van der Waals surface area contributed by atoms with E-state index in [2.05, 4.69) is 41.3 Å². The van der Waals surface area contributed by atoms with Gasteiger partial charge in [0.15, 0.2) is 0 Å². The van der Waals surface area contributed by atoms with Crippen LogP contribution in [0.1, 0.15) is 62.2 Å². The molecular formula is C25H33Cl2NO3. The van der Waals surface area contributed by atoms with Crippen LogP contribution in [-0.4, -0.2) is 41.7 Å². The first-order chi connectivity index (χ1) is 14.6.